The molecule has 2 nitrogen and oxygen atoms in total. The zero-order valence-electron chi connectivity index (χ0n) is 9.45. The van der Waals surface area contributed by atoms with E-state index in [1.807, 2.05) is 12.1 Å². The average Bonchev–Trinajstić information content (AvgIpc) is 3.10. The summed E-state index contributed by atoms with van der Waals surface area (Å²) in [5.74, 6) is 0.124. The lowest BCUT2D eigenvalue weighted by molar-refractivity contribution is 0.0929. The van der Waals surface area contributed by atoms with Crippen molar-refractivity contribution in [2.75, 3.05) is 13.1 Å². The molecule has 0 saturated heterocycles. The van der Waals surface area contributed by atoms with Crippen molar-refractivity contribution in [2.45, 2.75) is 25.8 Å². The summed E-state index contributed by atoms with van der Waals surface area (Å²) in [5.41, 5.74) is 0.642. The molecular weight excluding hydrogens is 222 g/mol. The summed E-state index contributed by atoms with van der Waals surface area (Å²) < 4.78 is 0. The number of hydrogen-bond acceptors (Lipinski definition) is 2. The highest BCUT2D eigenvalue weighted by atomic mass is 35.5. The van der Waals surface area contributed by atoms with E-state index >= 15 is 0 Å². The third-order valence-corrected chi connectivity index (χ3v) is 3.32. The van der Waals surface area contributed by atoms with Gasteiger partial charge in [-0.05, 0) is 31.5 Å². The van der Waals surface area contributed by atoms with Crippen LogP contribution in [0, 0.1) is 0 Å². The quantitative estimate of drug-likeness (QED) is 0.734. The third kappa shape index (κ3) is 2.63. The lowest BCUT2D eigenvalue weighted by Gasteiger charge is -2.18. The van der Waals surface area contributed by atoms with E-state index in [-0.39, 0.29) is 5.78 Å². The molecule has 0 bridgehead atoms. The number of benzene rings is 1. The maximum atomic E-state index is 12.0. The molecule has 3 heteroatoms. The monoisotopic (exact) mass is 237 g/mol. The topological polar surface area (TPSA) is 20.3 Å². The Morgan fingerprint density at radius 1 is 1.44 bits per heavy atom. The van der Waals surface area contributed by atoms with E-state index in [1.165, 1.54) is 12.8 Å². The Balaban J connectivity index is 2.04. The summed E-state index contributed by atoms with van der Waals surface area (Å²) in [6, 6.07) is 7.88. The summed E-state index contributed by atoms with van der Waals surface area (Å²) in [5, 5.41) is 0.555. The SMILES string of the molecule is CCN(CC(=O)c1ccccc1Cl)C1CC1. The van der Waals surface area contributed by atoms with Crippen LogP contribution in [0.4, 0.5) is 0 Å². The molecule has 0 amide bonds. The predicted molar refractivity (Wildman–Crippen MR) is 66.1 cm³/mol. The molecule has 0 unspecified atom stereocenters. The number of hydrogen-bond donors (Lipinski definition) is 0. The van der Waals surface area contributed by atoms with Crippen LogP contribution < -0.4 is 0 Å². The number of Topliss-reactive ketones (excluding diaryl/α,β-unsaturated/α-hetero) is 1. The van der Waals surface area contributed by atoms with Crippen LogP contribution in [0.5, 0.6) is 0 Å². The number of halogens is 1. The first kappa shape index (κ1) is 11.6. The van der Waals surface area contributed by atoms with Crippen LogP contribution in [0.2, 0.25) is 5.02 Å². The maximum absolute atomic E-state index is 12.0. The van der Waals surface area contributed by atoms with Crippen molar-refractivity contribution >= 4 is 17.4 Å². The Labute approximate surface area is 101 Å². The van der Waals surface area contributed by atoms with Crippen molar-refractivity contribution < 1.29 is 4.79 Å². The Morgan fingerprint density at radius 2 is 2.12 bits per heavy atom. The predicted octanol–water partition coefficient (Wildman–Crippen LogP) is 3.01. The van der Waals surface area contributed by atoms with Gasteiger partial charge in [-0.15, -0.1) is 0 Å². The van der Waals surface area contributed by atoms with Crippen molar-refractivity contribution in [1.82, 2.24) is 4.90 Å². The Morgan fingerprint density at radius 3 is 2.69 bits per heavy atom. The van der Waals surface area contributed by atoms with Gasteiger partial charge in [0, 0.05) is 11.6 Å². The molecule has 0 spiro atoms. The zero-order chi connectivity index (χ0) is 11.5. The summed E-state index contributed by atoms with van der Waals surface area (Å²) in [6.45, 7) is 3.52. The van der Waals surface area contributed by atoms with Crippen molar-refractivity contribution in [2.24, 2.45) is 0 Å². The second kappa shape index (κ2) is 4.98. The average molecular weight is 238 g/mol. The van der Waals surface area contributed by atoms with Gasteiger partial charge < -0.3 is 0 Å². The number of rotatable bonds is 5. The van der Waals surface area contributed by atoms with E-state index in [4.69, 9.17) is 11.6 Å². The third-order valence-electron chi connectivity index (χ3n) is 2.99. The Kier molecular flexibility index (Phi) is 3.62. The highest BCUT2D eigenvalue weighted by molar-refractivity contribution is 6.34. The second-order valence-electron chi connectivity index (χ2n) is 4.20. The van der Waals surface area contributed by atoms with Gasteiger partial charge in [0.1, 0.15) is 0 Å². The minimum atomic E-state index is 0.124. The van der Waals surface area contributed by atoms with Crippen LogP contribution in [-0.2, 0) is 0 Å². The highest BCUT2D eigenvalue weighted by Crippen LogP contribution is 2.27. The van der Waals surface area contributed by atoms with Gasteiger partial charge in [0.2, 0.25) is 0 Å². The molecule has 1 fully saturated rings. The fourth-order valence-corrected chi connectivity index (χ4v) is 2.14. The highest BCUT2D eigenvalue weighted by Gasteiger charge is 2.29. The molecule has 86 valence electrons. The lowest BCUT2D eigenvalue weighted by atomic mass is 10.1. The number of carbonyl (C=O) groups is 1. The zero-order valence-corrected chi connectivity index (χ0v) is 10.2. The van der Waals surface area contributed by atoms with Crippen LogP contribution in [0.15, 0.2) is 24.3 Å². The van der Waals surface area contributed by atoms with Gasteiger partial charge in [0.05, 0.1) is 11.6 Å². The first-order valence-electron chi connectivity index (χ1n) is 5.74. The molecule has 0 aromatic heterocycles. The Bertz CT molecular complexity index is 387. The number of ketones is 1. The smallest absolute Gasteiger partial charge is 0.178 e. The maximum Gasteiger partial charge on any atom is 0.178 e. The molecule has 1 aromatic rings. The number of likely N-dealkylation sites (N-methyl/N-ethyl adjacent to an activating group) is 1. The van der Waals surface area contributed by atoms with Gasteiger partial charge in [-0.1, -0.05) is 30.7 Å². The van der Waals surface area contributed by atoms with E-state index in [9.17, 15) is 4.79 Å². The summed E-state index contributed by atoms with van der Waals surface area (Å²) in [4.78, 5) is 14.3. The molecule has 2 rings (SSSR count). The van der Waals surface area contributed by atoms with E-state index in [0.29, 0.717) is 23.2 Å². The van der Waals surface area contributed by atoms with E-state index in [2.05, 4.69) is 11.8 Å². The van der Waals surface area contributed by atoms with Crippen LogP contribution in [-0.4, -0.2) is 29.8 Å². The molecule has 16 heavy (non-hydrogen) atoms. The molecule has 1 aliphatic carbocycles. The largest absolute Gasteiger partial charge is 0.293 e. The molecular formula is C13H16ClNO. The van der Waals surface area contributed by atoms with Gasteiger partial charge >= 0.3 is 0 Å². The number of carbonyl (C=O) groups excluding carboxylic acids is 1. The fraction of sp³-hybridized carbons (Fsp3) is 0.462. The first-order chi connectivity index (χ1) is 7.72. The van der Waals surface area contributed by atoms with Gasteiger partial charge in [-0.25, -0.2) is 0 Å². The molecule has 0 heterocycles. The van der Waals surface area contributed by atoms with Crippen LogP contribution in [0.25, 0.3) is 0 Å². The molecule has 1 saturated carbocycles. The molecule has 0 aliphatic heterocycles. The normalized spacial score (nSPS) is 15.4. The van der Waals surface area contributed by atoms with Crippen molar-refractivity contribution in [1.29, 1.82) is 0 Å². The molecule has 1 aromatic carbocycles. The minimum Gasteiger partial charge on any atom is -0.293 e. The van der Waals surface area contributed by atoms with Crippen molar-refractivity contribution in [3.63, 3.8) is 0 Å². The lowest BCUT2D eigenvalue weighted by Crippen LogP contribution is -2.31. The standard InChI is InChI=1S/C13H16ClNO/c1-2-15(10-7-8-10)9-13(16)11-5-3-4-6-12(11)14/h3-6,10H,2,7-9H2,1H3. The number of nitrogens with zero attached hydrogens (tertiary/aromatic N) is 1. The molecule has 0 radical (unpaired) electrons. The van der Waals surface area contributed by atoms with E-state index < -0.39 is 0 Å². The van der Waals surface area contributed by atoms with Gasteiger partial charge in [0.25, 0.3) is 0 Å². The van der Waals surface area contributed by atoms with E-state index in [0.717, 1.165) is 6.54 Å². The summed E-state index contributed by atoms with van der Waals surface area (Å²) in [6.07, 6.45) is 2.45. The van der Waals surface area contributed by atoms with E-state index in [1.54, 1.807) is 12.1 Å². The second-order valence-corrected chi connectivity index (χ2v) is 4.60. The van der Waals surface area contributed by atoms with Crippen molar-refractivity contribution in [3.05, 3.63) is 34.9 Å². The molecule has 1 aliphatic rings. The van der Waals surface area contributed by atoms with Gasteiger partial charge in [0.15, 0.2) is 5.78 Å². The molecule has 0 N–H and O–H groups in total. The fourth-order valence-electron chi connectivity index (χ4n) is 1.90. The van der Waals surface area contributed by atoms with Gasteiger partial charge in [-0.2, -0.15) is 0 Å². The first-order valence-corrected chi connectivity index (χ1v) is 6.12. The molecule has 0 atom stereocenters. The van der Waals surface area contributed by atoms with Crippen LogP contribution >= 0.6 is 11.6 Å². The Hall–Kier alpha value is -0.860. The van der Waals surface area contributed by atoms with Crippen LogP contribution in [0.1, 0.15) is 30.1 Å². The minimum absolute atomic E-state index is 0.124. The van der Waals surface area contributed by atoms with Crippen LogP contribution in [0.3, 0.4) is 0 Å². The summed E-state index contributed by atoms with van der Waals surface area (Å²) >= 11 is 6.00. The van der Waals surface area contributed by atoms with Gasteiger partial charge in [-0.3, -0.25) is 9.69 Å². The van der Waals surface area contributed by atoms with Crippen molar-refractivity contribution in [3.8, 4) is 0 Å². The summed E-state index contributed by atoms with van der Waals surface area (Å²) in [7, 11) is 0.